The number of para-hydroxylation sites is 1. The Morgan fingerprint density at radius 1 is 1.04 bits per heavy atom. The maximum atomic E-state index is 13.1. The van der Waals surface area contributed by atoms with E-state index in [0.717, 1.165) is 59.0 Å². The second-order valence-corrected chi connectivity index (χ2v) is 7.06. The first-order chi connectivity index (χ1) is 12.7. The van der Waals surface area contributed by atoms with Gasteiger partial charge in [0.1, 0.15) is 6.61 Å². The van der Waals surface area contributed by atoms with Gasteiger partial charge in [-0.1, -0.05) is 54.4 Å². The minimum Gasteiger partial charge on any atom is -0.457 e. The van der Waals surface area contributed by atoms with Crippen LogP contribution in [0.5, 0.6) is 0 Å². The molecule has 0 aliphatic heterocycles. The SMILES string of the molecule is Cc1cccc(COC(=O)c2c3c(nc4ccccc24)CCCCC3)c1. The van der Waals surface area contributed by atoms with Crippen molar-refractivity contribution in [3.8, 4) is 0 Å². The van der Waals surface area contributed by atoms with Crippen LogP contribution in [0.25, 0.3) is 10.9 Å². The average molecular weight is 345 g/mol. The third-order valence-electron chi connectivity index (χ3n) is 5.08. The molecule has 3 nitrogen and oxygen atoms in total. The summed E-state index contributed by atoms with van der Waals surface area (Å²) in [5.74, 6) is -0.233. The number of hydrogen-bond acceptors (Lipinski definition) is 3. The molecule has 4 rings (SSSR count). The number of carbonyl (C=O) groups excluding carboxylic acids is 1. The molecule has 0 bridgehead atoms. The van der Waals surface area contributed by atoms with E-state index in [1.165, 1.54) is 12.0 Å². The van der Waals surface area contributed by atoms with Gasteiger partial charge in [-0.05, 0) is 49.8 Å². The van der Waals surface area contributed by atoms with Gasteiger partial charge < -0.3 is 4.74 Å². The summed E-state index contributed by atoms with van der Waals surface area (Å²) in [6.07, 6.45) is 5.27. The van der Waals surface area contributed by atoms with Crippen molar-refractivity contribution in [2.24, 2.45) is 0 Å². The molecule has 0 atom stereocenters. The molecule has 1 heterocycles. The van der Waals surface area contributed by atoms with Crippen molar-refractivity contribution < 1.29 is 9.53 Å². The third-order valence-corrected chi connectivity index (χ3v) is 5.08. The van der Waals surface area contributed by atoms with Crippen molar-refractivity contribution in [3.05, 3.63) is 76.5 Å². The monoisotopic (exact) mass is 345 g/mol. The first kappa shape index (κ1) is 16.8. The van der Waals surface area contributed by atoms with Gasteiger partial charge in [-0.3, -0.25) is 4.98 Å². The number of rotatable bonds is 3. The molecule has 3 heteroatoms. The van der Waals surface area contributed by atoms with Gasteiger partial charge in [0, 0.05) is 11.1 Å². The molecule has 26 heavy (non-hydrogen) atoms. The highest BCUT2D eigenvalue weighted by Crippen LogP contribution is 2.29. The second kappa shape index (κ2) is 7.28. The van der Waals surface area contributed by atoms with Crippen molar-refractivity contribution in [2.75, 3.05) is 0 Å². The van der Waals surface area contributed by atoms with Crippen molar-refractivity contribution in [1.82, 2.24) is 4.98 Å². The van der Waals surface area contributed by atoms with Gasteiger partial charge in [0.15, 0.2) is 0 Å². The van der Waals surface area contributed by atoms with Gasteiger partial charge in [0.05, 0.1) is 11.1 Å². The van der Waals surface area contributed by atoms with Crippen LogP contribution in [-0.2, 0) is 24.2 Å². The van der Waals surface area contributed by atoms with E-state index in [-0.39, 0.29) is 5.97 Å². The van der Waals surface area contributed by atoms with Crippen LogP contribution in [0.3, 0.4) is 0 Å². The van der Waals surface area contributed by atoms with Gasteiger partial charge in [0.2, 0.25) is 0 Å². The molecule has 1 aromatic heterocycles. The molecule has 0 fully saturated rings. The van der Waals surface area contributed by atoms with Crippen LogP contribution >= 0.6 is 0 Å². The van der Waals surface area contributed by atoms with Crippen molar-refractivity contribution in [1.29, 1.82) is 0 Å². The molecule has 1 aliphatic rings. The fourth-order valence-electron chi connectivity index (χ4n) is 3.81. The summed E-state index contributed by atoms with van der Waals surface area (Å²) < 4.78 is 5.72. The van der Waals surface area contributed by atoms with Crippen molar-refractivity contribution in [3.63, 3.8) is 0 Å². The Balaban J connectivity index is 1.72. The summed E-state index contributed by atoms with van der Waals surface area (Å²) in [4.78, 5) is 17.9. The van der Waals surface area contributed by atoms with Gasteiger partial charge in [-0.2, -0.15) is 0 Å². The Morgan fingerprint density at radius 3 is 2.77 bits per heavy atom. The number of ether oxygens (including phenoxy) is 1. The lowest BCUT2D eigenvalue weighted by Gasteiger charge is -2.15. The Labute approximate surface area is 154 Å². The first-order valence-corrected chi connectivity index (χ1v) is 9.35. The van der Waals surface area contributed by atoms with Crippen molar-refractivity contribution >= 4 is 16.9 Å². The molecule has 2 aromatic carbocycles. The molecule has 0 amide bonds. The van der Waals surface area contributed by atoms with Crippen LogP contribution in [0.2, 0.25) is 0 Å². The van der Waals surface area contributed by atoms with E-state index in [2.05, 4.69) is 6.07 Å². The van der Waals surface area contributed by atoms with Crippen LogP contribution in [0.1, 0.15) is 52.0 Å². The minimum absolute atomic E-state index is 0.233. The molecule has 1 aliphatic carbocycles. The average Bonchev–Trinajstić information content (AvgIpc) is 2.89. The number of pyridine rings is 1. The van der Waals surface area contributed by atoms with Crippen LogP contribution in [0.15, 0.2) is 48.5 Å². The number of hydrogen-bond donors (Lipinski definition) is 0. The van der Waals surface area contributed by atoms with Crippen LogP contribution in [-0.4, -0.2) is 11.0 Å². The maximum Gasteiger partial charge on any atom is 0.339 e. The smallest absolute Gasteiger partial charge is 0.339 e. The van der Waals surface area contributed by atoms with Gasteiger partial charge in [0.25, 0.3) is 0 Å². The highest BCUT2D eigenvalue weighted by atomic mass is 16.5. The quantitative estimate of drug-likeness (QED) is 0.486. The highest BCUT2D eigenvalue weighted by Gasteiger charge is 2.22. The van der Waals surface area contributed by atoms with Crippen LogP contribution < -0.4 is 0 Å². The molecule has 0 spiro atoms. The van der Waals surface area contributed by atoms with E-state index in [0.29, 0.717) is 6.61 Å². The van der Waals surface area contributed by atoms with E-state index in [1.807, 2.05) is 49.4 Å². The molecular weight excluding hydrogens is 322 g/mol. The van der Waals surface area contributed by atoms with Gasteiger partial charge >= 0.3 is 5.97 Å². The zero-order chi connectivity index (χ0) is 17.9. The summed E-state index contributed by atoms with van der Waals surface area (Å²) in [6.45, 7) is 2.34. The van der Waals surface area contributed by atoms with Crippen molar-refractivity contribution in [2.45, 2.75) is 45.6 Å². The topological polar surface area (TPSA) is 39.2 Å². The normalized spacial score (nSPS) is 13.9. The van der Waals surface area contributed by atoms with E-state index in [1.54, 1.807) is 0 Å². The molecule has 0 radical (unpaired) electrons. The molecule has 0 saturated heterocycles. The Bertz CT molecular complexity index is 962. The number of esters is 1. The number of aryl methyl sites for hydroxylation is 2. The fraction of sp³-hybridized carbons (Fsp3) is 0.304. The summed E-state index contributed by atoms with van der Waals surface area (Å²) in [5, 5.41) is 0.905. The van der Waals surface area contributed by atoms with E-state index in [9.17, 15) is 4.79 Å². The summed E-state index contributed by atoms with van der Waals surface area (Å²) in [7, 11) is 0. The van der Waals surface area contributed by atoms with E-state index >= 15 is 0 Å². The summed E-state index contributed by atoms with van der Waals surface area (Å²) in [5.41, 5.74) is 5.96. The Hall–Kier alpha value is -2.68. The van der Waals surface area contributed by atoms with E-state index in [4.69, 9.17) is 9.72 Å². The summed E-state index contributed by atoms with van der Waals surface area (Å²) >= 11 is 0. The van der Waals surface area contributed by atoms with Gasteiger partial charge in [-0.25, -0.2) is 4.79 Å². The molecule has 132 valence electrons. The third kappa shape index (κ3) is 3.34. The molecule has 0 N–H and O–H groups in total. The number of carbonyl (C=O) groups is 1. The summed E-state index contributed by atoms with van der Waals surface area (Å²) in [6, 6.07) is 16.0. The number of benzene rings is 2. The zero-order valence-electron chi connectivity index (χ0n) is 15.1. The highest BCUT2D eigenvalue weighted by molar-refractivity contribution is 6.05. The zero-order valence-corrected chi connectivity index (χ0v) is 15.1. The molecule has 0 unspecified atom stereocenters. The fourth-order valence-corrected chi connectivity index (χ4v) is 3.81. The Morgan fingerprint density at radius 2 is 1.88 bits per heavy atom. The Kier molecular flexibility index (Phi) is 4.70. The number of aromatic nitrogens is 1. The van der Waals surface area contributed by atoms with Crippen LogP contribution in [0, 0.1) is 6.92 Å². The maximum absolute atomic E-state index is 13.1. The predicted molar refractivity (Wildman–Crippen MR) is 103 cm³/mol. The predicted octanol–water partition coefficient (Wildman–Crippen LogP) is 5.17. The lowest BCUT2D eigenvalue weighted by atomic mass is 9.97. The van der Waals surface area contributed by atoms with Gasteiger partial charge in [-0.15, -0.1) is 0 Å². The lowest BCUT2D eigenvalue weighted by molar-refractivity contribution is 0.0473. The minimum atomic E-state index is -0.233. The van der Waals surface area contributed by atoms with E-state index < -0.39 is 0 Å². The number of nitrogens with zero attached hydrogens (tertiary/aromatic N) is 1. The number of fused-ring (bicyclic) bond motifs is 2. The molecule has 3 aromatic rings. The first-order valence-electron chi connectivity index (χ1n) is 9.35. The largest absolute Gasteiger partial charge is 0.457 e. The second-order valence-electron chi connectivity index (χ2n) is 7.06. The molecular formula is C23H23NO2. The molecule has 0 saturated carbocycles. The van der Waals surface area contributed by atoms with Crippen LogP contribution in [0.4, 0.5) is 0 Å². The standard InChI is InChI=1S/C23H23NO2/c1-16-8-7-9-17(14-16)15-26-23(25)22-18-10-3-2-4-12-20(18)24-21-13-6-5-11-19(21)22/h5-9,11,13-14H,2-4,10,12,15H2,1H3. The lowest BCUT2D eigenvalue weighted by Crippen LogP contribution is -2.12.